The molecule has 1 saturated heterocycles. The van der Waals surface area contributed by atoms with Gasteiger partial charge in [0.2, 0.25) is 0 Å². The highest BCUT2D eigenvalue weighted by molar-refractivity contribution is 5.62. The maximum absolute atomic E-state index is 10.5. The van der Waals surface area contributed by atoms with Gasteiger partial charge in [-0.1, -0.05) is 12.1 Å². The minimum Gasteiger partial charge on any atom is -0.490 e. The van der Waals surface area contributed by atoms with E-state index in [4.69, 9.17) is 4.74 Å². The maximum Gasteiger partial charge on any atom is 0.125 e. The Balaban J connectivity index is 1.39. The molecule has 1 saturated carbocycles. The standard InChI is InChI=1S/C23H33N3O4/c27-16-18-6-5-17(13-23(18)30-21-3-1-2-4-21)22-9-12-26(24-22)15-20(29)14-25-10-7-19(28)8-11-25/h5-6,9,12-13,19-21,27-29H,1-4,7-8,10-11,14-16H2. The average molecular weight is 416 g/mol. The first-order valence-electron chi connectivity index (χ1n) is 11.1. The average Bonchev–Trinajstić information content (AvgIpc) is 3.42. The summed E-state index contributed by atoms with van der Waals surface area (Å²) in [7, 11) is 0. The lowest BCUT2D eigenvalue weighted by atomic mass is 10.1. The third-order valence-electron chi connectivity index (χ3n) is 6.19. The third kappa shape index (κ3) is 5.40. The van der Waals surface area contributed by atoms with Gasteiger partial charge >= 0.3 is 0 Å². The van der Waals surface area contributed by atoms with Crippen LogP contribution >= 0.6 is 0 Å². The van der Waals surface area contributed by atoms with Gasteiger partial charge in [0, 0.05) is 37.0 Å². The van der Waals surface area contributed by atoms with Gasteiger partial charge in [0.05, 0.1) is 37.2 Å². The van der Waals surface area contributed by atoms with Crippen LogP contribution < -0.4 is 4.74 Å². The second-order valence-electron chi connectivity index (χ2n) is 8.61. The van der Waals surface area contributed by atoms with Crippen molar-refractivity contribution in [3.05, 3.63) is 36.0 Å². The molecule has 2 heterocycles. The molecular weight excluding hydrogens is 382 g/mol. The zero-order chi connectivity index (χ0) is 20.9. The van der Waals surface area contributed by atoms with Crippen LogP contribution in [0.1, 0.15) is 44.1 Å². The number of hydrogen-bond donors (Lipinski definition) is 3. The van der Waals surface area contributed by atoms with Crippen molar-refractivity contribution < 1.29 is 20.1 Å². The van der Waals surface area contributed by atoms with E-state index < -0.39 is 6.10 Å². The lowest BCUT2D eigenvalue weighted by molar-refractivity contribution is 0.0447. The monoisotopic (exact) mass is 415 g/mol. The molecule has 164 valence electrons. The number of ether oxygens (including phenoxy) is 1. The highest BCUT2D eigenvalue weighted by atomic mass is 16.5. The molecule has 0 amide bonds. The molecular formula is C23H33N3O4. The van der Waals surface area contributed by atoms with Crippen LogP contribution in [0.3, 0.4) is 0 Å². The highest BCUT2D eigenvalue weighted by Gasteiger charge is 2.20. The Hall–Kier alpha value is -1.93. The summed E-state index contributed by atoms with van der Waals surface area (Å²) in [5.41, 5.74) is 2.56. The van der Waals surface area contributed by atoms with Crippen molar-refractivity contribution in [2.45, 2.75) is 70.0 Å². The molecule has 1 aliphatic heterocycles. The molecule has 7 nitrogen and oxygen atoms in total. The van der Waals surface area contributed by atoms with Crippen LogP contribution in [-0.4, -0.2) is 67.9 Å². The third-order valence-corrected chi connectivity index (χ3v) is 6.19. The van der Waals surface area contributed by atoms with E-state index in [1.807, 2.05) is 30.5 Å². The smallest absolute Gasteiger partial charge is 0.125 e. The molecule has 2 aromatic rings. The Morgan fingerprint density at radius 3 is 2.57 bits per heavy atom. The van der Waals surface area contributed by atoms with E-state index in [0.29, 0.717) is 13.1 Å². The van der Waals surface area contributed by atoms with Gasteiger partial charge in [-0.2, -0.15) is 5.10 Å². The molecule has 2 aliphatic rings. The number of aliphatic hydroxyl groups excluding tert-OH is 3. The van der Waals surface area contributed by atoms with Crippen molar-refractivity contribution >= 4 is 0 Å². The largest absolute Gasteiger partial charge is 0.490 e. The molecule has 1 aromatic heterocycles. The molecule has 0 spiro atoms. The van der Waals surface area contributed by atoms with E-state index in [2.05, 4.69) is 10.00 Å². The predicted octanol–water partition coefficient (Wildman–Crippen LogP) is 2.18. The first-order valence-corrected chi connectivity index (χ1v) is 11.1. The lowest BCUT2D eigenvalue weighted by Gasteiger charge is -2.30. The van der Waals surface area contributed by atoms with Gasteiger partial charge in [-0.25, -0.2) is 0 Å². The van der Waals surface area contributed by atoms with Gasteiger partial charge < -0.3 is 25.0 Å². The second-order valence-corrected chi connectivity index (χ2v) is 8.61. The van der Waals surface area contributed by atoms with Crippen molar-refractivity contribution in [3.8, 4) is 17.0 Å². The summed E-state index contributed by atoms with van der Waals surface area (Å²) in [6.07, 6.45) is 7.48. The summed E-state index contributed by atoms with van der Waals surface area (Å²) < 4.78 is 7.94. The van der Waals surface area contributed by atoms with Crippen LogP contribution in [0.5, 0.6) is 5.75 Å². The Labute approximate surface area is 177 Å². The fraction of sp³-hybridized carbons (Fsp3) is 0.609. The number of hydrogen-bond acceptors (Lipinski definition) is 6. The van der Waals surface area contributed by atoms with E-state index >= 15 is 0 Å². The Kier molecular flexibility index (Phi) is 7.04. The predicted molar refractivity (Wildman–Crippen MR) is 114 cm³/mol. The van der Waals surface area contributed by atoms with Crippen LogP contribution in [0.15, 0.2) is 30.5 Å². The summed E-state index contributed by atoms with van der Waals surface area (Å²) in [6.45, 7) is 2.62. The number of benzene rings is 1. The summed E-state index contributed by atoms with van der Waals surface area (Å²) >= 11 is 0. The topological polar surface area (TPSA) is 91.0 Å². The minimum absolute atomic E-state index is 0.0451. The fourth-order valence-electron chi connectivity index (χ4n) is 4.43. The first-order chi connectivity index (χ1) is 14.6. The van der Waals surface area contributed by atoms with Crippen LogP contribution in [-0.2, 0) is 13.2 Å². The van der Waals surface area contributed by atoms with E-state index in [9.17, 15) is 15.3 Å². The normalized spacial score (nSPS) is 20.0. The molecule has 3 N–H and O–H groups in total. The molecule has 1 aliphatic carbocycles. The zero-order valence-corrected chi connectivity index (χ0v) is 17.5. The van der Waals surface area contributed by atoms with Gasteiger partial charge in [0.1, 0.15) is 5.75 Å². The van der Waals surface area contributed by atoms with E-state index in [1.54, 1.807) is 4.68 Å². The maximum atomic E-state index is 10.5. The number of nitrogens with zero attached hydrogens (tertiary/aromatic N) is 3. The number of rotatable bonds is 8. The van der Waals surface area contributed by atoms with Crippen LogP contribution in [0.2, 0.25) is 0 Å². The summed E-state index contributed by atoms with van der Waals surface area (Å²) in [4.78, 5) is 2.20. The summed E-state index contributed by atoms with van der Waals surface area (Å²) in [5, 5.41) is 34.4. The lowest BCUT2D eigenvalue weighted by Crippen LogP contribution is -2.41. The van der Waals surface area contributed by atoms with Gasteiger partial charge in [-0.3, -0.25) is 4.68 Å². The molecule has 1 unspecified atom stereocenters. The van der Waals surface area contributed by atoms with Crippen LogP contribution in [0, 0.1) is 0 Å². The van der Waals surface area contributed by atoms with Gasteiger partial charge in [0.25, 0.3) is 0 Å². The number of aromatic nitrogens is 2. The Morgan fingerprint density at radius 2 is 1.83 bits per heavy atom. The minimum atomic E-state index is -0.508. The van der Waals surface area contributed by atoms with Crippen molar-refractivity contribution in [2.75, 3.05) is 19.6 Å². The zero-order valence-electron chi connectivity index (χ0n) is 17.5. The molecule has 1 atom stereocenters. The number of piperidine rings is 1. The number of β-amino-alcohol motifs (C(OH)–C–C–N with tert-alkyl or cyclic N) is 1. The van der Waals surface area contributed by atoms with Gasteiger partial charge in [0.15, 0.2) is 0 Å². The van der Waals surface area contributed by atoms with Crippen molar-refractivity contribution in [3.63, 3.8) is 0 Å². The molecule has 2 fully saturated rings. The van der Waals surface area contributed by atoms with Crippen molar-refractivity contribution in [1.82, 2.24) is 14.7 Å². The van der Waals surface area contributed by atoms with Crippen LogP contribution in [0.25, 0.3) is 11.3 Å². The fourth-order valence-corrected chi connectivity index (χ4v) is 4.43. The molecule has 7 heteroatoms. The van der Waals surface area contributed by atoms with Crippen molar-refractivity contribution in [1.29, 1.82) is 0 Å². The van der Waals surface area contributed by atoms with E-state index in [1.165, 1.54) is 12.8 Å². The van der Waals surface area contributed by atoms with E-state index in [0.717, 1.165) is 61.3 Å². The van der Waals surface area contributed by atoms with Gasteiger partial charge in [-0.15, -0.1) is 0 Å². The van der Waals surface area contributed by atoms with Gasteiger partial charge in [-0.05, 0) is 50.7 Å². The quantitative estimate of drug-likeness (QED) is 0.612. The number of likely N-dealkylation sites (tertiary alicyclic amines) is 1. The molecule has 1 aromatic carbocycles. The molecule has 30 heavy (non-hydrogen) atoms. The molecule has 0 bridgehead atoms. The first kappa shape index (κ1) is 21.3. The molecule has 4 rings (SSSR count). The SMILES string of the molecule is OCc1ccc(-c2ccn(CC(O)CN3CCC(O)CC3)n2)cc1OC1CCCC1. The van der Waals surface area contributed by atoms with Crippen LogP contribution in [0.4, 0.5) is 0 Å². The second kappa shape index (κ2) is 9.92. The van der Waals surface area contributed by atoms with Crippen molar-refractivity contribution in [2.24, 2.45) is 0 Å². The Morgan fingerprint density at radius 1 is 1.07 bits per heavy atom. The molecule has 0 radical (unpaired) electrons. The summed E-state index contributed by atoms with van der Waals surface area (Å²) in [5.74, 6) is 0.740. The summed E-state index contributed by atoms with van der Waals surface area (Å²) in [6, 6.07) is 7.76. The Bertz CT molecular complexity index is 811. The van der Waals surface area contributed by atoms with E-state index in [-0.39, 0.29) is 18.8 Å². The highest BCUT2D eigenvalue weighted by Crippen LogP contribution is 2.30. The number of aliphatic hydroxyl groups is 3.